The molecule has 13 heavy (non-hydrogen) atoms. The Morgan fingerprint density at radius 3 is 3.00 bits per heavy atom. The smallest absolute Gasteiger partial charge is 0.307 e. The molecule has 0 saturated heterocycles. The van der Waals surface area contributed by atoms with Gasteiger partial charge in [-0.25, -0.2) is 4.98 Å². The third-order valence-corrected chi connectivity index (χ3v) is 2.09. The standard InChI is InChI=1S/C8H11F2N3/c9-8(10)13-4-3-11-7(13)5-12-6-1-2-6/h3-4,6,8,12H,1-2,5H2. The van der Waals surface area contributed by atoms with Crippen LogP contribution >= 0.6 is 0 Å². The number of alkyl halides is 2. The van der Waals surface area contributed by atoms with Crippen LogP contribution < -0.4 is 5.32 Å². The van der Waals surface area contributed by atoms with Gasteiger partial charge < -0.3 is 5.32 Å². The largest absolute Gasteiger partial charge is 0.319 e. The Bertz CT molecular complexity index is 281. The molecule has 1 aliphatic carbocycles. The Labute approximate surface area is 74.8 Å². The lowest BCUT2D eigenvalue weighted by atomic mass is 10.5. The van der Waals surface area contributed by atoms with E-state index in [9.17, 15) is 8.78 Å². The molecule has 0 atom stereocenters. The quantitative estimate of drug-likeness (QED) is 0.774. The molecule has 0 aromatic carbocycles. The zero-order chi connectivity index (χ0) is 9.26. The van der Waals surface area contributed by atoms with Crippen LogP contribution in [0.3, 0.4) is 0 Å². The summed E-state index contributed by atoms with van der Waals surface area (Å²) in [5.74, 6) is 0.405. The first kappa shape index (κ1) is 8.62. The van der Waals surface area contributed by atoms with E-state index in [2.05, 4.69) is 10.3 Å². The average molecular weight is 187 g/mol. The third kappa shape index (κ3) is 2.03. The average Bonchev–Trinajstić information content (AvgIpc) is 2.79. The number of halogens is 2. The summed E-state index contributed by atoms with van der Waals surface area (Å²) in [6, 6.07) is 0.517. The molecule has 3 nitrogen and oxygen atoms in total. The summed E-state index contributed by atoms with van der Waals surface area (Å²) in [5.41, 5.74) is 0. The van der Waals surface area contributed by atoms with E-state index < -0.39 is 6.55 Å². The fourth-order valence-electron chi connectivity index (χ4n) is 1.18. The van der Waals surface area contributed by atoms with Crippen molar-refractivity contribution >= 4 is 0 Å². The van der Waals surface area contributed by atoms with Gasteiger partial charge in [-0.1, -0.05) is 0 Å². The molecular formula is C8H11F2N3. The summed E-state index contributed by atoms with van der Waals surface area (Å²) in [7, 11) is 0. The molecule has 0 amide bonds. The monoisotopic (exact) mass is 187 g/mol. The van der Waals surface area contributed by atoms with Gasteiger partial charge in [0.05, 0.1) is 6.54 Å². The van der Waals surface area contributed by atoms with Gasteiger partial charge in [0.25, 0.3) is 0 Å². The second-order valence-corrected chi connectivity index (χ2v) is 3.18. The molecule has 1 fully saturated rings. The fourth-order valence-corrected chi connectivity index (χ4v) is 1.18. The Kier molecular flexibility index (Phi) is 2.26. The van der Waals surface area contributed by atoms with Crippen LogP contribution in [0.1, 0.15) is 25.2 Å². The van der Waals surface area contributed by atoms with Gasteiger partial charge in [-0.2, -0.15) is 8.78 Å². The second-order valence-electron chi connectivity index (χ2n) is 3.18. The van der Waals surface area contributed by atoms with E-state index in [1.54, 1.807) is 0 Å². The van der Waals surface area contributed by atoms with Crippen molar-refractivity contribution in [2.75, 3.05) is 0 Å². The Balaban J connectivity index is 1.96. The fraction of sp³-hybridized carbons (Fsp3) is 0.625. The number of aromatic nitrogens is 2. The van der Waals surface area contributed by atoms with Crippen LogP contribution in [0.25, 0.3) is 0 Å². The number of nitrogens with one attached hydrogen (secondary N) is 1. The Morgan fingerprint density at radius 1 is 1.62 bits per heavy atom. The predicted molar refractivity (Wildman–Crippen MR) is 43.3 cm³/mol. The van der Waals surface area contributed by atoms with Gasteiger partial charge in [0.15, 0.2) is 0 Å². The van der Waals surface area contributed by atoms with Crippen molar-refractivity contribution in [2.24, 2.45) is 0 Å². The Morgan fingerprint density at radius 2 is 2.38 bits per heavy atom. The first-order chi connectivity index (χ1) is 6.27. The molecule has 0 aliphatic heterocycles. The van der Waals surface area contributed by atoms with Gasteiger partial charge in [-0.05, 0) is 12.8 Å². The number of imidazole rings is 1. The van der Waals surface area contributed by atoms with E-state index in [1.165, 1.54) is 12.4 Å². The number of nitrogens with zero attached hydrogens (tertiary/aromatic N) is 2. The third-order valence-electron chi connectivity index (χ3n) is 2.09. The molecule has 2 rings (SSSR count). The van der Waals surface area contributed by atoms with E-state index in [0.717, 1.165) is 17.4 Å². The highest BCUT2D eigenvalue weighted by atomic mass is 19.3. The highest BCUT2D eigenvalue weighted by molar-refractivity contribution is 4.94. The number of hydrogen-bond acceptors (Lipinski definition) is 2. The minimum atomic E-state index is -2.49. The highest BCUT2D eigenvalue weighted by Gasteiger charge is 2.21. The van der Waals surface area contributed by atoms with Crippen LogP contribution in [-0.4, -0.2) is 15.6 Å². The van der Waals surface area contributed by atoms with Crippen molar-refractivity contribution in [1.29, 1.82) is 0 Å². The zero-order valence-corrected chi connectivity index (χ0v) is 7.08. The topological polar surface area (TPSA) is 29.9 Å². The molecule has 1 aliphatic rings. The van der Waals surface area contributed by atoms with Gasteiger partial charge in [-0.15, -0.1) is 0 Å². The molecule has 0 bridgehead atoms. The van der Waals surface area contributed by atoms with E-state index in [1.807, 2.05) is 0 Å². The van der Waals surface area contributed by atoms with Gasteiger partial charge in [0.2, 0.25) is 0 Å². The lowest BCUT2D eigenvalue weighted by Crippen LogP contribution is -2.19. The van der Waals surface area contributed by atoms with Crippen LogP contribution in [0, 0.1) is 0 Å². The van der Waals surface area contributed by atoms with Gasteiger partial charge in [0, 0.05) is 18.4 Å². The number of hydrogen-bond donors (Lipinski definition) is 1. The molecule has 0 radical (unpaired) electrons. The molecule has 1 N–H and O–H groups in total. The van der Waals surface area contributed by atoms with E-state index in [4.69, 9.17) is 0 Å². The minimum absolute atomic E-state index is 0.405. The molecule has 1 aromatic rings. The number of rotatable bonds is 4. The lowest BCUT2D eigenvalue weighted by Gasteiger charge is -2.06. The van der Waals surface area contributed by atoms with E-state index in [0.29, 0.717) is 18.4 Å². The van der Waals surface area contributed by atoms with Crippen molar-refractivity contribution in [3.63, 3.8) is 0 Å². The molecule has 0 spiro atoms. The highest BCUT2D eigenvalue weighted by Crippen LogP contribution is 2.19. The summed E-state index contributed by atoms with van der Waals surface area (Å²) in [6.45, 7) is -2.05. The van der Waals surface area contributed by atoms with Crippen molar-refractivity contribution < 1.29 is 8.78 Å². The lowest BCUT2D eigenvalue weighted by molar-refractivity contribution is 0.0666. The van der Waals surface area contributed by atoms with Crippen molar-refractivity contribution in [3.8, 4) is 0 Å². The van der Waals surface area contributed by atoms with Gasteiger partial charge >= 0.3 is 6.55 Å². The molecule has 5 heteroatoms. The van der Waals surface area contributed by atoms with Crippen LogP contribution in [-0.2, 0) is 6.54 Å². The van der Waals surface area contributed by atoms with Crippen LogP contribution in [0.2, 0.25) is 0 Å². The summed E-state index contributed by atoms with van der Waals surface area (Å²) in [6.07, 6.45) is 5.00. The van der Waals surface area contributed by atoms with Crippen molar-refractivity contribution in [3.05, 3.63) is 18.2 Å². The summed E-state index contributed by atoms with van der Waals surface area (Å²) >= 11 is 0. The SMILES string of the molecule is FC(F)n1ccnc1CNC1CC1. The first-order valence-corrected chi connectivity index (χ1v) is 4.30. The zero-order valence-electron chi connectivity index (χ0n) is 7.08. The van der Waals surface area contributed by atoms with Crippen molar-refractivity contribution in [2.45, 2.75) is 32.0 Å². The molecule has 1 aromatic heterocycles. The summed E-state index contributed by atoms with van der Waals surface area (Å²) in [4.78, 5) is 3.86. The minimum Gasteiger partial charge on any atom is -0.307 e. The summed E-state index contributed by atoms with van der Waals surface area (Å²) in [5, 5.41) is 3.14. The van der Waals surface area contributed by atoms with Crippen LogP contribution in [0.4, 0.5) is 8.78 Å². The Hall–Kier alpha value is -0.970. The molecule has 72 valence electrons. The van der Waals surface area contributed by atoms with Crippen molar-refractivity contribution in [1.82, 2.24) is 14.9 Å². The molecule has 0 unspecified atom stereocenters. The first-order valence-electron chi connectivity index (χ1n) is 4.30. The molecular weight excluding hydrogens is 176 g/mol. The van der Waals surface area contributed by atoms with Gasteiger partial charge in [0.1, 0.15) is 5.82 Å². The normalized spacial score (nSPS) is 16.8. The predicted octanol–water partition coefficient (Wildman–Crippen LogP) is 1.53. The molecule has 1 heterocycles. The van der Waals surface area contributed by atoms with E-state index in [-0.39, 0.29) is 0 Å². The summed E-state index contributed by atoms with van der Waals surface area (Å²) < 4.78 is 25.5. The second kappa shape index (κ2) is 3.41. The van der Waals surface area contributed by atoms with E-state index >= 15 is 0 Å². The maximum Gasteiger partial charge on any atom is 0.319 e. The van der Waals surface area contributed by atoms with Crippen LogP contribution in [0.5, 0.6) is 0 Å². The van der Waals surface area contributed by atoms with Crippen LogP contribution in [0.15, 0.2) is 12.4 Å². The maximum atomic E-state index is 12.3. The maximum absolute atomic E-state index is 12.3. The molecule has 1 saturated carbocycles. The van der Waals surface area contributed by atoms with Gasteiger partial charge in [-0.3, -0.25) is 4.57 Å².